The second-order valence-electron chi connectivity index (χ2n) is 7.93. The van der Waals surface area contributed by atoms with Crippen molar-refractivity contribution in [3.05, 3.63) is 41.7 Å². The summed E-state index contributed by atoms with van der Waals surface area (Å²) >= 11 is 0. The van der Waals surface area contributed by atoms with Crippen LogP contribution in [0, 0.1) is 11.6 Å². The molecule has 3 nitrogen and oxygen atoms in total. The maximum Gasteiger partial charge on any atom is 0.201 e. The Hall–Kier alpha value is -2.04. The average Bonchev–Trinajstić information content (AvgIpc) is 2.76. The van der Waals surface area contributed by atoms with Crippen molar-refractivity contribution in [3.8, 4) is 17.1 Å². The van der Waals surface area contributed by atoms with Gasteiger partial charge in [-0.3, -0.25) is 0 Å². The lowest BCUT2D eigenvalue weighted by Crippen LogP contribution is -2.03. The Balaban J connectivity index is 1.85. The minimum atomic E-state index is -0.970. The van der Waals surface area contributed by atoms with Gasteiger partial charge >= 0.3 is 0 Å². The van der Waals surface area contributed by atoms with Crippen molar-refractivity contribution in [1.82, 2.24) is 9.97 Å². The summed E-state index contributed by atoms with van der Waals surface area (Å²) in [7, 11) is 0. The lowest BCUT2D eigenvalue weighted by Gasteiger charge is -2.10. The second-order valence-corrected chi connectivity index (χ2v) is 7.93. The van der Waals surface area contributed by atoms with Crippen molar-refractivity contribution in [2.24, 2.45) is 0 Å². The summed E-state index contributed by atoms with van der Waals surface area (Å²) in [5, 5.41) is 0. The number of halogens is 2. The standard InChI is InChI=1S/C25H36F2N2O/c1-3-5-7-9-10-11-13-17-30-22-16-15-21(23(26)24(22)27)25-28-18-20(19-29-25)14-12-8-6-4-2/h15-16,18-19H,3-14,17H2,1-2H3. The molecule has 2 aromatic rings. The molecule has 0 spiro atoms. The van der Waals surface area contributed by atoms with Crippen LogP contribution in [0.3, 0.4) is 0 Å². The molecule has 166 valence electrons. The fraction of sp³-hybridized carbons (Fsp3) is 0.600. The molecule has 0 aliphatic rings. The Labute approximate surface area is 180 Å². The molecule has 0 amide bonds. The smallest absolute Gasteiger partial charge is 0.201 e. The Kier molecular flexibility index (Phi) is 11.3. The molecule has 0 atom stereocenters. The van der Waals surface area contributed by atoms with Crippen molar-refractivity contribution in [2.75, 3.05) is 6.61 Å². The first-order valence-corrected chi connectivity index (χ1v) is 11.6. The van der Waals surface area contributed by atoms with Gasteiger partial charge in [-0.25, -0.2) is 14.4 Å². The molecule has 2 rings (SSSR count). The van der Waals surface area contributed by atoms with Crippen molar-refractivity contribution in [3.63, 3.8) is 0 Å². The average molecular weight is 419 g/mol. The minimum absolute atomic E-state index is 0.0465. The molecule has 0 unspecified atom stereocenters. The maximum absolute atomic E-state index is 14.5. The highest BCUT2D eigenvalue weighted by Gasteiger charge is 2.17. The van der Waals surface area contributed by atoms with E-state index in [1.807, 2.05) is 0 Å². The predicted octanol–water partition coefficient (Wildman–Crippen LogP) is 7.67. The summed E-state index contributed by atoms with van der Waals surface area (Å²) < 4.78 is 34.4. The summed E-state index contributed by atoms with van der Waals surface area (Å²) in [5.41, 5.74) is 1.08. The lowest BCUT2D eigenvalue weighted by molar-refractivity contribution is 0.285. The SMILES string of the molecule is CCCCCCCCCOc1ccc(-c2ncc(CCCCCC)cn2)c(F)c1F. The minimum Gasteiger partial charge on any atom is -0.490 e. The molecule has 1 heterocycles. The lowest BCUT2D eigenvalue weighted by atomic mass is 10.1. The quantitative estimate of drug-likeness (QED) is 0.278. The highest BCUT2D eigenvalue weighted by atomic mass is 19.2. The third kappa shape index (κ3) is 8.00. The molecule has 0 aliphatic carbocycles. The van der Waals surface area contributed by atoms with Gasteiger partial charge in [0.2, 0.25) is 5.82 Å². The molecule has 0 bridgehead atoms. The van der Waals surface area contributed by atoms with E-state index < -0.39 is 11.6 Å². The number of benzene rings is 1. The summed E-state index contributed by atoms with van der Waals surface area (Å²) in [4.78, 5) is 8.48. The van der Waals surface area contributed by atoms with E-state index in [4.69, 9.17) is 4.74 Å². The van der Waals surface area contributed by atoms with Gasteiger partial charge in [-0.05, 0) is 37.0 Å². The summed E-state index contributed by atoms with van der Waals surface area (Å²) in [5.74, 6) is -1.78. The van der Waals surface area contributed by atoms with Crippen molar-refractivity contribution in [2.45, 2.75) is 90.9 Å². The van der Waals surface area contributed by atoms with E-state index in [9.17, 15) is 8.78 Å². The van der Waals surface area contributed by atoms with E-state index in [0.29, 0.717) is 6.61 Å². The Bertz CT molecular complexity index is 735. The second kappa shape index (κ2) is 14.1. The zero-order valence-electron chi connectivity index (χ0n) is 18.6. The number of nitrogens with zero attached hydrogens (tertiary/aromatic N) is 2. The van der Waals surface area contributed by atoms with Gasteiger partial charge in [-0.15, -0.1) is 0 Å². The zero-order chi connectivity index (χ0) is 21.6. The van der Waals surface area contributed by atoms with Crippen LogP contribution < -0.4 is 4.74 Å². The number of unbranched alkanes of at least 4 members (excludes halogenated alkanes) is 9. The molecule has 1 aromatic heterocycles. The van der Waals surface area contributed by atoms with Gasteiger partial charge in [-0.1, -0.05) is 71.6 Å². The molecule has 0 saturated carbocycles. The van der Waals surface area contributed by atoms with Gasteiger partial charge in [0.25, 0.3) is 0 Å². The van der Waals surface area contributed by atoms with E-state index in [-0.39, 0.29) is 17.1 Å². The first-order chi connectivity index (χ1) is 14.7. The number of rotatable bonds is 15. The van der Waals surface area contributed by atoms with Crippen LogP contribution in [-0.2, 0) is 6.42 Å². The van der Waals surface area contributed by atoms with Crippen LogP contribution in [0.25, 0.3) is 11.4 Å². The van der Waals surface area contributed by atoms with Gasteiger partial charge in [-0.2, -0.15) is 4.39 Å². The third-order valence-electron chi connectivity index (χ3n) is 5.32. The van der Waals surface area contributed by atoms with Crippen LogP contribution in [0.4, 0.5) is 8.78 Å². The summed E-state index contributed by atoms with van der Waals surface area (Å²) in [6.07, 6.45) is 17.0. The molecule has 0 radical (unpaired) electrons. The van der Waals surface area contributed by atoms with Crippen molar-refractivity contribution >= 4 is 0 Å². The predicted molar refractivity (Wildman–Crippen MR) is 119 cm³/mol. The number of hydrogen-bond donors (Lipinski definition) is 0. The monoisotopic (exact) mass is 418 g/mol. The van der Waals surface area contributed by atoms with Crippen LogP contribution in [0.1, 0.15) is 90.0 Å². The van der Waals surface area contributed by atoms with Gasteiger partial charge in [0, 0.05) is 12.4 Å². The molecule has 0 saturated heterocycles. The molecule has 30 heavy (non-hydrogen) atoms. The van der Waals surface area contributed by atoms with Crippen LogP contribution in [0.5, 0.6) is 5.75 Å². The van der Waals surface area contributed by atoms with E-state index >= 15 is 0 Å². The van der Waals surface area contributed by atoms with E-state index in [2.05, 4.69) is 23.8 Å². The number of aryl methyl sites for hydroxylation is 1. The summed E-state index contributed by atoms with van der Waals surface area (Å²) in [6.45, 7) is 4.77. The molecule has 0 fully saturated rings. The number of aromatic nitrogens is 2. The normalized spacial score (nSPS) is 11.1. The van der Waals surface area contributed by atoms with Gasteiger partial charge < -0.3 is 4.74 Å². The molecular formula is C25H36F2N2O. The van der Waals surface area contributed by atoms with Crippen LogP contribution >= 0.6 is 0 Å². The fourth-order valence-corrected chi connectivity index (χ4v) is 3.44. The topological polar surface area (TPSA) is 35.0 Å². The van der Waals surface area contributed by atoms with E-state index in [0.717, 1.165) is 37.7 Å². The molecule has 1 aromatic carbocycles. The number of ether oxygens (including phenoxy) is 1. The van der Waals surface area contributed by atoms with Gasteiger partial charge in [0.05, 0.1) is 12.2 Å². The molecule has 5 heteroatoms. The van der Waals surface area contributed by atoms with E-state index in [1.54, 1.807) is 12.4 Å². The van der Waals surface area contributed by atoms with Gasteiger partial charge in [0.1, 0.15) is 0 Å². The van der Waals surface area contributed by atoms with Crippen LogP contribution in [0.15, 0.2) is 24.5 Å². The Morgan fingerprint density at radius 1 is 0.733 bits per heavy atom. The summed E-state index contributed by atoms with van der Waals surface area (Å²) in [6, 6.07) is 2.96. The van der Waals surface area contributed by atoms with Crippen LogP contribution in [-0.4, -0.2) is 16.6 Å². The molecule has 0 aliphatic heterocycles. The first kappa shape index (κ1) is 24.2. The third-order valence-corrected chi connectivity index (χ3v) is 5.32. The Morgan fingerprint density at radius 2 is 1.33 bits per heavy atom. The Morgan fingerprint density at radius 3 is 2.00 bits per heavy atom. The maximum atomic E-state index is 14.5. The first-order valence-electron chi connectivity index (χ1n) is 11.6. The largest absolute Gasteiger partial charge is 0.490 e. The van der Waals surface area contributed by atoms with Gasteiger partial charge in [0.15, 0.2) is 17.4 Å². The van der Waals surface area contributed by atoms with E-state index in [1.165, 1.54) is 57.1 Å². The number of hydrogen-bond acceptors (Lipinski definition) is 3. The highest BCUT2D eigenvalue weighted by Crippen LogP contribution is 2.28. The van der Waals surface area contributed by atoms with Crippen molar-refractivity contribution in [1.29, 1.82) is 0 Å². The van der Waals surface area contributed by atoms with Crippen molar-refractivity contribution < 1.29 is 13.5 Å². The zero-order valence-corrected chi connectivity index (χ0v) is 18.6. The molecule has 0 N–H and O–H groups in total. The fourth-order valence-electron chi connectivity index (χ4n) is 3.44. The highest BCUT2D eigenvalue weighted by molar-refractivity contribution is 5.57. The molecular weight excluding hydrogens is 382 g/mol. The van der Waals surface area contributed by atoms with Crippen LogP contribution in [0.2, 0.25) is 0 Å².